The summed E-state index contributed by atoms with van der Waals surface area (Å²) in [6.45, 7) is 5.54. The highest BCUT2D eigenvalue weighted by Crippen LogP contribution is 2.25. The van der Waals surface area contributed by atoms with Crippen LogP contribution in [0.15, 0.2) is 30.9 Å². The highest BCUT2D eigenvalue weighted by atomic mass is 16.5. The van der Waals surface area contributed by atoms with Crippen LogP contribution in [0.25, 0.3) is 0 Å². The van der Waals surface area contributed by atoms with Crippen molar-refractivity contribution >= 4 is 5.97 Å². The van der Waals surface area contributed by atoms with Crippen molar-refractivity contribution in [1.82, 2.24) is 0 Å². The average molecular weight is 248 g/mol. The summed E-state index contributed by atoms with van der Waals surface area (Å²) in [6, 6.07) is 5.88. The fourth-order valence-corrected chi connectivity index (χ4v) is 1.78. The highest BCUT2D eigenvalue weighted by Gasteiger charge is 2.17. The summed E-state index contributed by atoms with van der Waals surface area (Å²) in [5.41, 5.74) is 2.06. The number of methoxy groups -OCH3 is 2. The van der Waals surface area contributed by atoms with E-state index >= 15 is 0 Å². The van der Waals surface area contributed by atoms with E-state index in [9.17, 15) is 4.79 Å². The first kappa shape index (κ1) is 14.3. The second-order valence-electron chi connectivity index (χ2n) is 4.19. The van der Waals surface area contributed by atoms with Gasteiger partial charge in [-0.2, -0.15) is 0 Å². The van der Waals surface area contributed by atoms with Crippen molar-refractivity contribution in [1.29, 1.82) is 0 Å². The summed E-state index contributed by atoms with van der Waals surface area (Å²) in [6.07, 6.45) is 3.67. The van der Waals surface area contributed by atoms with Crippen LogP contribution in [-0.2, 0) is 16.0 Å². The molecule has 1 aromatic carbocycles. The Labute approximate surface area is 108 Å². The molecular formula is C15H20O3. The molecule has 0 radical (unpaired) electrons. The molecule has 0 aliphatic rings. The lowest BCUT2D eigenvalue weighted by Crippen LogP contribution is -2.11. The number of rotatable bonds is 6. The normalized spacial score (nSPS) is 11.7. The number of allylic oxidation sites excluding steroid dienone is 1. The number of hydrogen-bond acceptors (Lipinski definition) is 3. The minimum atomic E-state index is -0.285. The number of benzene rings is 1. The molecule has 0 aliphatic heterocycles. The number of carbonyl (C=O) groups is 1. The van der Waals surface area contributed by atoms with Gasteiger partial charge in [-0.3, -0.25) is 4.79 Å². The van der Waals surface area contributed by atoms with E-state index in [1.165, 1.54) is 7.11 Å². The van der Waals surface area contributed by atoms with E-state index in [-0.39, 0.29) is 11.9 Å². The van der Waals surface area contributed by atoms with Gasteiger partial charge in [0.25, 0.3) is 0 Å². The van der Waals surface area contributed by atoms with E-state index in [4.69, 9.17) is 9.47 Å². The van der Waals surface area contributed by atoms with Crippen molar-refractivity contribution in [3.05, 3.63) is 42.0 Å². The zero-order chi connectivity index (χ0) is 13.5. The number of carbonyl (C=O) groups excluding carboxylic acids is 1. The molecule has 98 valence electrons. The number of aryl methyl sites for hydroxylation is 1. The quantitative estimate of drug-likeness (QED) is 0.573. The second-order valence-corrected chi connectivity index (χ2v) is 4.19. The fraction of sp³-hybridized carbons (Fsp3) is 0.400. The van der Waals surface area contributed by atoms with Crippen LogP contribution in [-0.4, -0.2) is 20.2 Å². The maximum absolute atomic E-state index is 11.6. The van der Waals surface area contributed by atoms with Gasteiger partial charge in [0.2, 0.25) is 0 Å². The highest BCUT2D eigenvalue weighted by molar-refractivity contribution is 5.77. The van der Waals surface area contributed by atoms with Crippen molar-refractivity contribution in [3.8, 4) is 5.75 Å². The molecule has 0 bridgehead atoms. The summed E-state index contributed by atoms with van der Waals surface area (Å²) in [7, 11) is 3.02. The molecule has 0 N–H and O–H groups in total. The van der Waals surface area contributed by atoms with Crippen molar-refractivity contribution in [2.45, 2.75) is 25.7 Å². The van der Waals surface area contributed by atoms with Crippen LogP contribution in [0.1, 0.15) is 30.4 Å². The maximum Gasteiger partial charge on any atom is 0.312 e. The molecule has 3 heteroatoms. The van der Waals surface area contributed by atoms with Crippen molar-refractivity contribution < 1.29 is 14.3 Å². The standard InChI is InChI=1S/C15H20O3/c1-5-6-7-12-8-13(10-14(9-12)17-3)11(2)15(16)18-4/h5,8-11H,1,6-7H2,2-4H3. The van der Waals surface area contributed by atoms with Gasteiger partial charge < -0.3 is 9.47 Å². The minimum absolute atomic E-state index is 0.238. The molecule has 1 aromatic rings. The van der Waals surface area contributed by atoms with Crippen LogP contribution >= 0.6 is 0 Å². The number of esters is 1. The third-order valence-corrected chi connectivity index (χ3v) is 2.92. The lowest BCUT2D eigenvalue weighted by atomic mass is 9.97. The van der Waals surface area contributed by atoms with E-state index in [0.29, 0.717) is 0 Å². The molecule has 0 saturated heterocycles. The lowest BCUT2D eigenvalue weighted by molar-refractivity contribution is -0.141. The predicted octanol–water partition coefficient (Wildman–Crippen LogP) is 3.09. The molecule has 0 aromatic heterocycles. The molecule has 0 spiro atoms. The van der Waals surface area contributed by atoms with Crippen LogP contribution in [0.3, 0.4) is 0 Å². The Balaban J connectivity index is 3.02. The van der Waals surface area contributed by atoms with E-state index in [1.807, 2.05) is 31.2 Å². The van der Waals surface area contributed by atoms with Crippen LogP contribution in [0.2, 0.25) is 0 Å². The van der Waals surface area contributed by atoms with Gasteiger partial charge in [0.05, 0.1) is 20.1 Å². The zero-order valence-corrected chi connectivity index (χ0v) is 11.2. The van der Waals surface area contributed by atoms with Gasteiger partial charge in [0.15, 0.2) is 0 Å². The van der Waals surface area contributed by atoms with Crippen molar-refractivity contribution in [2.24, 2.45) is 0 Å². The van der Waals surface area contributed by atoms with E-state index in [2.05, 4.69) is 6.58 Å². The first-order valence-electron chi connectivity index (χ1n) is 5.99. The molecular weight excluding hydrogens is 228 g/mol. The number of hydrogen-bond donors (Lipinski definition) is 0. The summed E-state index contributed by atoms with van der Waals surface area (Å²) in [4.78, 5) is 11.6. The summed E-state index contributed by atoms with van der Waals surface area (Å²) >= 11 is 0. The first-order valence-corrected chi connectivity index (χ1v) is 5.99. The lowest BCUT2D eigenvalue weighted by Gasteiger charge is -2.13. The van der Waals surface area contributed by atoms with Gasteiger partial charge in [-0.15, -0.1) is 6.58 Å². The smallest absolute Gasteiger partial charge is 0.312 e. The Morgan fingerprint density at radius 2 is 2.11 bits per heavy atom. The SMILES string of the molecule is C=CCCc1cc(OC)cc(C(C)C(=O)OC)c1. The van der Waals surface area contributed by atoms with Crippen molar-refractivity contribution in [2.75, 3.05) is 14.2 Å². The van der Waals surface area contributed by atoms with E-state index in [0.717, 1.165) is 29.7 Å². The average Bonchev–Trinajstić information content (AvgIpc) is 2.42. The minimum Gasteiger partial charge on any atom is -0.497 e. The van der Waals surface area contributed by atoms with Gasteiger partial charge in [0.1, 0.15) is 5.75 Å². The Morgan fingerprint density at radius 3 is 2.67 bits per heavy atom. The molecule has 1 atom stereocenters. The molecule has 0 aliphatic carbocycles. The molecule has 1 rings (SSSR count). The van der Waals surface area contributed by atoms with Gasteiger partial charge in [-0.25, -0.2) is 0 Å². The summed E-state index contributed by atoms with van der Waals surface area (Å²) in [5, 5.41) is 0. The van der Waals surface area contributed by atoms with Crippen LogP contribution in [0, 0.1) is 0 Å². The van der Waals surface area contributed by atoms with Gasteiger partial charge in [0, 0.05) is 0 Å². The van der Waals surface area contributed by atoms with Gasteiger partial charge in [-0.05, 0) is 43.0 Å². The van der Waals surface area contributed by atoms with Crippen LogP contribution in [0.5, 0.6) is 5.75 Å². The monoisotopic (exact) mass is 248 g/mol. The second kappa shape index (κ2) is 6.84. The molecule has 0 fully saturated rings. The first-order chi connectivity index (χ1) is 8.62. The maximum atomic E-state index is 11.6. The molecule has 18 heavy (non-hydrogen) atoms. The van der Waals surface area contributed by atoms with Crippen molar-refractivity contribution in [3.63, 3.8) is 0 Å². The Morgan fingerprint density at radius 1 is 1.39 bits per heavy atom. The van der Waals surface area contributed by atoms with Crippen LogP contribution in [0.4, 0.5) is 0 Å². The van der Waals surface area contributed by atoms with E-state index in [1.54, 1.807) is 7.11 Å². The molecule has 0 heterocycles. The van der Waals surface area contributed by atoms with Crippen LogP contribution < -0.4 is 4.74 Å². The Hall–Kier alpha value is -1.77. The molecule has 0 amide bonds. The number of ether oxygens (including phenoxy) is 2. The fourth-order valence-electron chi connectivity index (χ4n) is 1.78. The largest absolute Gasteiger partial charge is 0.497 e. The molecule has 1 unspecified atom stereocenters. The predicted molar refractivity (Wildman–Crippen MR) is 71.9 cm³/mol. The zero-order valence-electron chi connectivity index (χ0n) is 11.2. The molecule has 0 saturated carbocycles. The third-order valence-electron chi connectivity index (χ3n) is 2.92. The van der Waals surface area contributed by atoms with Gasteiger partial charge in [-0.1, -0.05) is 12.1 Å². The molecule has 3 nitrogen and oxygen atoms in total. The topological polar surface area (TPSA) is 35.5 Å². The van der Waals surface area contributed by atoms with E-state index < -0.39 is 0 Å². The summed E-state index contributed by atoms with van der Waals surface area (Å²) < 4.78 is 10.0. The third kappa shape index (κ3) is 3.62. The Kier molecular flexibility index (Phi) is 5.43. The Bertz CT molecular complexity index is 424. The summed E-state index contributed by atoms with van der Waals surface area (Å²) in [5.74, 6) is 0.243. The van der Waals surface area contributed by atoms with Gasteiger partial charge >= 0.3 is 5.97 Å².